The van der Waals surface area contributed by atoms with Crippen LogP contribution >= 0.6 is 11.6 Å². The van der Waals surface area contributed by atoms with Crippen molar-refractivity contribution in [2.45, 2.75) is 26.3 Å². The predicted molar refractivity (Wildman–Crippen MR) is 128 cm³/mol. The average Bonchev–Trinajstić information content (AvgIpc) is 3.11. The minimum Gasteiger partial charge on any atom is -0.497 e. The van der Waals surface area contributed by atoms with E-state index in [2.05, 4.69) is 60.0 Å². The number of halogens is 1. The Morgan fingerprint density at radius 3 is 2.52 bits per heavy atom. The van der Waals surface area contributed by atoms with E-state index in [9.17, 15) is 0 Å². The summed E-state index contributed by atoms with van der Waals surface area (Å²) in [5.74, 6) is 2.28. The number of hydrogen-bond donors (Lipinski definition) is 0. The molecule has 31 heavy (non-hydrogen) atoms. The minimum atomic E-state index is 0.493. The smallest absolute Gasteiger partial charge is 0.119 e. The molecule has 1 aromatic heterocycles. The van der Waals surface area contributed by atoms with E-state index in [1.807, 2.05) is 12.1 Å². The van der Waals surface area contributed by atoms with Crippen LogP contribution in [-0.2, 0) is 19.4 Å². The van der Waals surface area contributed by atoms with Crippen molar-refractivity contribution < 1.29 is 9.47 Å². The normalized spacial score (nSPS) is 12.5. The molecule has 1 aliphatic carbocycles. The van der Waals surface area contributed by atoms with Crippen LogP contribution in [0.1, 0.15) is 22.3 Å². The third-order valence-corrected chi connectivity index (χ3v) is 6.30. The summed E-state index contributed by atoms with van der Waals surface area (Å²) in [7, 11) is 1.73. The molecule has 0 aliphatic heterocycles. The zero-order valence-corrected chi connectivity index (χ0v) is 18.7. The molecule has 0 N–H and O–H groups in total. The number of aromatic nitrogens is 1. The van der Waals surface area contributed by atoms with Crippen molar-refractivity contribution >= 4 is 22.5 Å². The van der Waals surface area contributed by atoms with Gasteiger partial charge in [0.2, 0.25) is 0 Å². The standard InChI is InChI=1S/C27H26ClNO2/c1-18-3-12-26-25(15-18)24-10-6-20-16-22(30-2)9-11-23(20)27(24)29(26)17-19-4-7-21(8-5-19)31-14-13-28/h3-5,7-9,11-12,15-16H,6,10,13-14,17H2,1-2H3. The zero-order valence-electron chi connectivity index (χ0n) is 18.0. The molecule has 0 spiro atoms. The predicted octanol–water partition coefficient (Wildman–Crippen LogP) is 6.39. The molecular formula is C27H26ClNO2. The molecule has 158 valence electrons. The number of aryl methyl sites for hydroxylation is 3. The van der Waals surface area contributed by atoms with E-state index in [4.69, 9.17) is 21.1 Å². The second-order valence-corrected chi connectivity index (χ2v) is 8.52. The van der Waals surface area contributed by atoms with Gasteiger partial charge in [0.1, 0.15) is 18.1 Å². The van der Waals surface area contributed by atoms with Gasteiger partial charge in [0, 0.05) is 23.0 Å². The van der Waals surface area contributed by atoms with Gasteiger partial charge in [0.15, 0.2) is 0 Å². The average molecular weight is 432 g/mol. The van der Waals surface area contributed by atoms with Crippen molar-refractivity contribution in [1.29, 1.82) is 0 Å². The lowest BCUT2D eigenvalue weighted by Crippen LogP contribution is -2.08. The number of fused-ring (bicyclic) bond motifs is 5. The fourth-order valence-electron chi connectivity index (χ4n) is 4.69. The molecule has 0 amide bonds. The molecular weight excluding hydrogens is 406 g/mol. The van der Waals surface area contributed by atoms with Gasteiger partial charge in [-0.3, -0.25) is 0 Å². The Kier molecular flexibility index (Phi) is 5.37. The van der Waals surface area contributed by atoms with Crippen LogP contribution in [0.3, 0.4) is 0 Å². The first-order valence-electron chi connectivity index (χ1n) is 10.7. The van der Waals surface area contributed by atoms with E-state index < -0.39 is 0 Å². The van der Waals surface area contributed by atoms with Crippen LogP contribution in [0.4, 0.5) is 0 Å². The summed E-state index contributed by atoms with van der Waals surface area (Å²) in [4.78, 5) is 0. The molecule has 0 saturated heterocycles. The highest BCUT2D eigenvalue weighted by Gasteiger charge is 2.25. The van der Waals surface area contributed by atoms with Gasteiger partial charge in [-0.05, 0) is 78.9 Å². The number of alkyl halides is 1. The highest BCUT2D eigenvalue weighted by atomic mass is 35.5. The van der Waals surface area contributed by atoms with Crippen LogP contribution < -0.4 is 9.47 Å². The topological polar surface area (TPSA) is 23.4 Å². The van der Waals surface area contributed by atoms with E-state index >= 15 is 0 Å². The van der Waals surface area contributed by atoms with Crippen LogP contribution in [0.15, 0.2) is 60.7 Å². The maximum Gasteiger partial charge on any atom is 0.119 e. The molecule has 4 aromatic rings. The van der Waals surface area contributed by atoms with Crippen molar-refractivity contribution in [2.24, 2.45) is 0 Å². The second kappa shape index (κ2) is 8.32. The van der Waals surface area contributed by atoms with Gasteiger partial charge in [-0.25, -0.2) is 0 Å². The summed E-state index contributed by atoms with van der Waals surface area (Å²) in [6.45, 7) is 3.51. The number of methoxy groups -OCH3 is 1. The minimum absolute atomic E-state index is 0.493. The van der Waals surface area contributed by atoms with Crippen molar-refractivity contribution in [3.05, 3.63) is 82.9 Å². The summed E-state index contributed by atoms with van der Waals surface area (Å²) in [5.41, 5.74) is 9.32. The van der Waals surface area contributed by atoms with Gasteiger partial charge >= 0.3 is 0 Å². The Bertz CT molecular complexity index is 1240. The van der Waals surface area contributed by atoms with E-state index in [-0.39, 0.29) is 0 Å². The lowest BCUT2D eigenvalue weighted by Gasteiger charge is -2.21. The van der Waals surface area contributed by atoms with Gasteiger partial charge in [0.05, 0.1) is 18.7 Å². The summed E-state index contributed by atoms with van der Waals surface area (Å²) in [6.07, 6.45) is 2.09. The third kappa shape index (κ3) is 3.68. The fourth-order valence-corrected chi connectivity index (χ4v) is 4.76. The second-order valence-electron chi connectivity index (χ2n) is 8.14. The molecule has 3 aromatic carbocycles. The molecule has 0 saturated carbocycles. The fraction of sp³-hybridized carbons (Fsp3) is 0.259. The first-order valence-corrected chi connectivity index (χ1v) is 11.3. The zero-order chi connectivity index (χ0) is 21.4. The molecule has 0 atom stereocenters. The molecule has 0 fully saturated rings. The lowest BCUT2D eigenvalue weighted by atomic mass is 9.88. The number of benzene rings is 3. The van der Waals surface area contributed by atoms with Crippen molar-refractivity contribution in [3.63, 3.8) is 0 Å². The van der Waals surface area contributed by atoms with E-state index in [0.717, 1.165) is 30.9 Å². The summed E-state index contributed by atoms with van der Waals surface area (Å²) in [5, 5.41) is 1.37. The maximum absolute atomic E-state index is 5.74. The number of nitrogens with zero attached hydrogens (tertiary/aromatic N) is 1. The highest BCUT2D eigenvalue weighted by molar-refractivity contribution is 6.18. The number of rotatable bonds is 6. The monoisotopic (exact) mass is 431 g/mol. The van der Waals surface area contributed by atoms with E-state index in [1.54, 1.807) is 7.11 Å². The van der Waals surface area contributed by atoms with Crippen molar-refractivity contribution in [3.8, 4) is 22.8 Å². The maximum atomic E-state index is 5.74. The Morgan fingerprint density at radius 1 is 0.935 bits per heavy atom. The molecule has 0 bridgehead atoms. The molecule has 0 radical (unpaired) electrons. The van der Waals surface area contributed by atoms with Gasteiger partial charge in [-0.2, -0.15) is 0 Å². The van der Waals surface area contributed by atoms with Crippen LogP contribution in [0, 0.1) is 6.92 Å². The summed E-state index contributed by atoms with van der Waals surface area (Å²) >= 11 is 5.74. The lowest BCUT2D eigenvalue weighted by molar-refractivity contribution is 0.342. The highest BCUT2D eigenvalue weighted by Crippen LogP contribution is 2.41. The molecule has 4 heteroatoms. The molecule has 5 rings (SSSR count). The molecule has 3 nitrogen and oxygen atoms in total. The molecule has 1 aliphatic rings. The summed E-state index contributed by atoms with van der Waals surface area (Å²) < 4.78 is 13.6. The van der Waals surface area contributed by atoms with Crippen LogP contribution in [0.2, 0.25) is 0 Å². The number of hydrogen-bond acceptors (Lipinski definition) is 2. The Labute approximate surface area is 188 Å². The van der Waals surface area contributed by atoms with Crippen LogP contribution in [-0.4, -0.2) is 24.2 Å². The largest absolute Gasteiger partial charge is 0.497 e. The Balaban J connectivity index is 1.62. The SMILES string of the molecule is COc1ccc2c(c1)CCc1c-2n(Cc2ccc(OCCCl)cc2)c2ccc(C)cc12. The Hall–Kier alpha value is -2.91. The van der Waals surface area contributed by atoms with Gasteiger partial charge in [-0.15, -0.1) is 11.6 Å². The van der Waals surface area contributed by atoms with Crippen LogP contribution in [0.5, 0.6) is 11.5 Å². The third-order valence-electron chi connectivity index (χ3n) is 6.15. The van der Waals surface area contributed by atoms with E-state index in [0.29, 0.717) is 12.5 Å². The van der Waals surface area contributed by atoms with Crippen LogP contribution in [0.25, 0.3) is 22.2 Å². The van der Waals surface area contributed by atoms with Crippen molar-refractivity contribution in [2.75, 3.05) is 19.6 Å². The number of ether oxygens (including phenoxy) is 2. The molecule has 0 unspecified atom stereocenters. The van der Waals surface area contributed by atoms with Gasteiger partial charge in [-0.1, -0.05) is 23.8 Å². The summed E-state index contributed by atoms with van der Waals surface area (Å²) in [6, 6.07) is 21.7. The van der Waals surface area contributed by atoms with Gasteiger partial charge in [0.25, 0.3) is 0 Å². The van der Waals surface area contributed by atoms with E-state index in [1.165, 1.54) is 44.4 Å². The molecule has 1 heterocycles. The van der Waals surface area contributed by atoms with Gasteiger partial charge < -0.3 is 14.0 Å². The Morgan fingerprint density at radius 2 is 1.74 bits per heavy atom. The van der Waals surface area contributed by atoms with Crippen molar-refractivity contribution in [1.82, 2.24) is 4.57 Å². The first-order chi connectivity index (χ1) is 15.2. The quantitative estimate of drug-likeness (QED) is 0.330. The first kappa shape index (κ1) is 20.0.